The van der Waals surface area contributed by atoms with Crippen molar-refractivity contribution in [1.29, 1.82) is 0 Å². The van der Waals surface area contributed by atoms with Crippen LogP contribution in [0.5, 0.6) is 0 Å². The molecule has 0 radical (unpaired) electrons. The zero-order chi connectivity index (χ0) is 17.1. The summed E-state index contributed by atoms with van der Waals surface area (Å²) in [6, 6.07) is 14.2. The number of hydrogen-bond donors (Lipinski definition) is 2. The zero-order valence-electron chi connectivity index (χ0n) is 12.8. The van der Waals surface area contributed by atoms with Crippen molar-refractivity contribution < 1.29 is 14.7 Å². The molecule has 2 aromatic rings. The second kappa shape index (κ2) is 6.72. The summed E-state index contributed by atoms with van der Waals surface area (Å²) in [4.78, 5) is 28.1. The summed E-state index contributed by atoms with van der Waals surface area (Å²) in [6.07, 6.45) is 1.81. The Morgan fingerprint density at radius 2 is 1.88 bits per heavy atom. The molecule has 0 unspecified atom stereocenters. The van der Waals surface area contributed by atoms with Crippen molar-refractivity contribution in [2.24, 2.45) is 4.99 Å². The van der Waals surface area contributed by atoms with Crippen molar-refractivity contribution in [1.82, 2.24) is 5.32 Å². The third kappa shape index (κ3) is 3.38. The lowest BCUT2D eigenvalue weighted by Crippen LogP contribution is -2.19. The Morgan fingerprint density at radius 3 is 2.62 bits per heavy atom. The zero-order valence-corrected chi connectivity index (χ0v) is 13.6. The lowest BCUT2D eigenvalue weighted by Gasteiger charge is -2.01. The van der Waals surface area contributed by atoms with Crippen molar-refractivity contribution >= 4 is 40.6 Å². The van der Waals surface area contributed by atoms with Gasteiger partial charge in [-0.3, -0.25) is 4.79 Å². The van der Waals surface area contributed by atoms with Crippen LogP contribution in [-0.2, 0) is 4.79 Å². The number of carbonyl (C=O) groups is 2. The van der Waals surface area contributed by atoms with Crippen molar-refractivity contribution in [2.75, 3.05) is 0 Å². The molecule has 1 fully saturated rings. The average Bonchev–Trinajstić information content (AvgIpc) is 2.89. The van der Waals surface area contributed by atoms with Crippen LogP contribution in [-0.4, -0.2) is 22.2 Å². The molecule has 5 nitrogen and oxygen atoms in total. The molecule has 2 N–H and O–H groups in total. The molecule has 24 heavy (non-hydrogen) atoms. The number of aliphatic imine (C=N–C) groups is 1. The number of benzene rings is 2. The van der Waals surface area contributed by atoms with Gasteiger partial charge in [0.2, 0.25) is 0 Å². The number of aromatic carboxylic acids is 1. The number of rotatable bonds is 3. The molecular weight excluding hydrogens is 324 g/mol. The summed E-state index contributed by atoms with van der Waals surface area (Å²) < 4.78 is 0. The van der Waals surface area contributed by atoms with Gasteiger partial charge in [0.1, 0.15) is 0 Å². The molecule has 1 heterocycles. The molecule has 2 aromatic carbocycles. The molecule has 1 amide bonds. The van der Waals surface area contributed by atoms with E-state index < -0.39 is 5.97 Å². The second-order valence-corrected chi connectivity index (χ2v) is 6.19. The van der Waals surface area contributed by atoms with E-state index in [1.54, 1.807) is 24.3 Å². The number of nitrogens with zero attached hydrogens (tertiary/aromatic N) is 1. The van der Waals surface area contributed by atoms with E-state index in [1.165, 1.54) is 17.8 Å². The lowest BCUT2D eigenvalue weighted by molar-refractivity contribution is -0.115. The van der Waals surface area contributed by atoms with E-state index in [-0.39, 0.29) is 11.5 Å². The molecule has 6 heteroatoms. The molecule has 120 valence electrons. The average molecular weight is 338 g/mol. The van der Waals surface area contributed by atoms with Gasteiger partial charge in [0.25, 0.3) is 5.91 Å². The highest BCUT2D eigenvalue weighted by Crippen LogP contribution is 2.29. The van der Waals surface area contributed by atoms with Crippen LogP contribution in [0.3, 0.4) is 0 Å². The van der Waals surface area contributed by atoms with Gasteiger partial charge in [-0.1, -0.05) is 36.4 Å². The van der Waals surface area contributed by atoms with E-state index >= 15 is 0 Å². The number of nitrogens with one attached hydrogen (secondary N) is 1. The highest BCUT2D eigenvalue weighted by molar-refractivity contribution is 8.18. The second-order valence-electron chi connectivity index (χ2n) is 5.16. The monoisotopic (exact) mass is 338 g/mol. The summed E-state index contributed by atoms with van der Waals surface area (Å²) in [7, 11) is 0. The number of amidine groups is 1. The first-order chi connectivity index (χ1) is 11.5. The molecule has 1 saturated heterocycles. The molecule has 0 aromatic heterocycles. The maximum atomic E-state index is 12.1. The van der Waals surface area contributed by atoms with E-state index in [9.17, 15) is 14.7 Å². The summed E-state index contributed by atoms with van der Waals surface area (Å²) in [5, 5.41) is 12.2. The Balaban J connectivity index is 1.91. The SMILES string of the molecule is Cc1ccccc1/C=C1\SC(=Nc2ccccc2C(=O)O)NC1=O. The number of para-hydroxylation sites is 1. The Kier molecular flexibility index (Phi) is 4.48. The van der Waals surface area contributed by atoms with Gasteiger partial charge in [0.15, 0.2) is 5.17 Å². The van der Waals surface area contributed by atoms with Crippen LogP contribution in [0.4, 0.5) is 5.69 Å². The molecule has 0 aliphatic carbocycles. The summed E-state index contributed by atoms with van der Waals surface area (Å²) in [5.41, 5.74) is 2.43. The first-order valence-corrected chi connectivity index (χ1v) is 8.04. The molecule has 1 aliphatic rings. The number of amides is 1. The number of carboxylic acid groups (broad SMARTS) is 1. The molecular formula is C18H14N2O3S. The van der Waals surface area contributed by atoms with Crippen molar-refractivity contribution in [3.05, 3.63) is 70.1 Å². The van der Waals surface area contributed by atoms with Crippen molar-refractivity contribution in [3.8, 4) is 0 Å². The van der Waals surface area contributed by atoms with Crippen LogP contribution in [0.2, 0.25) is 0 Å². The number of hydrogen-bond acceptors (Lipinski definition) is 4. The highest BCUT2D eigenvalue weighted by atomic mass is 32.2. The minimum atomic E-state index is -1.06. The Hall–Kier alpha value is -2.86. The van der Waals surface area contributed by atoms with Gasteiger partial charge in [-0.15, -0.1) is 0 Å². The van der Waals surface area contributed by atoms with E-state index in [0.717, 1.165) is 11.1 Å². The fraction of sp³-hybridized carbons (Fsp3) is 0.0556. The van der Waals surface area contributed by atoms with Crippen LogP contribution >= 0.6 is 11.8 Å². The minimum absolute atomic E-state index is 0.0937. The molecule has 0 bridgehead atoms. The summed E-state index contributed by atoms with van der Waals surface area (Å²) in [5.74, 6) is -1.30. The maximum absolute atomic E-state index is 12.1. The van der Waals surface area contributed by atoms with Gasteiger partial charge in [-0.2, -0.15) is 0 Å². The smallest absolute Gasteiger partial charge is 0.337 e. The predicted octanol–water partition coefficient (Wildman–Crippen LogP) is 3.58. The molecule has 0 spiro atoms. The maximum Gasteiger partial charge on any atom is 0.337 e. The number of thioether (sulfide) groups is 1. The van der Waals surface area contributed by atoms with Crippen LogP contribution in [0.15, 0.2) is 58.4 Å². The Morgan fingerprint density at radius 1 is 1.17 bits per heavy atom. The fourth-order valence-electron chi connectivity index (χ4n) is 2.23. The summed E-state index contributed by atoms with van der Waals surface area (Å²) in [6.45, 7) is 1.97. The minimum Gasteiger partial charge on any atom is -0.478 e. The highest BCUT2D eigenvalue weighted by Gasteiger charge is 2.24. The van der Waals surface area contributed by atoms with Gasteiger partial charge < -0.3 is 10.4 Å². The van der Waals surface area contributed by atoms with Gasteiger partial charge in [-0.25, -0.2) is 9.79 Å². The molecule has 0 atom stereocenters. The molecule has 1 aliphatic heterocycles. The third-order valence-corrected chi connectivity index (χ3v) is 4.39. The standard InChI is InChI=1S/C18H14N2O3S/c1-11-6-2-3-7-12(11)10-15-16(21)20-18(24-15)19-14-9-5-4-8-13(14)17(22)23/h2-10H,1H3,(H,22,23)(H,19,20,21)/b15-10-. The van der Waals surface area contributed by atoms with E-state index in [2.05, 4.69) is 10.3 Å². The van der Waals surface area contributed by atoms with Crippen LogP contribution in [0, 0.1) is 6.92 Å². The summed E-state index contributed by atoms with van der Waals surface area (Å²) >= 11 is 1.20. The van der Waals surface area contributed by atoms with Crippen molar-refractivity contribution in [2.45, 2.75) is 6.92 Å². The number of carboxylic acids is 1. The third-order valence-electron chi connectivity index (χ3n) is 3.48. The van der Waals surface area contributed by atoms with Gasteiger partial charge in [0.05, 0.1) is 16.2 Å². The molecule has 3 rings (SSSR count). The predicted molar refractivity (Wildman–Crippen MR) is 95.4 cm³/mol. The number of carbonyl (C=O) groups excluding carboxylic acids is 1. The lowest BCUT2D eigenvalue weighted by atomic mass is 10.1. The fourth-order valence-corrected chi connectivity index (χ4v) is 3.06. The number of aryl methyl sites for hydroxylation is 1. The Labute approximate surface area is 143 Å². The molecule has 0 saturated carbocycles. The largest absolute Gasteiger partial charge is 0.478 e. The topological polar surface area (TPSA) is 78.8 Å². The first kappa shape index (κ1) is 16.0. The normalized spacial score (nSPS) is 17.3. The van der Waals surface area contributed by atoms with E-state index in [0.29, 0.717) is 15.8 Å². The van der Waals surface area contributed by atoms with E-state index in [4.69, 9.17) is 0 Å². The van der Waals surface area contributed by atoms with Crippen LogP contribution in [0.25, 0.3) is 6.08 Å². The van der Waals surface area contributed by atoms with E-state index in [1.807, 2.05) is 31.2 Å². The van der Waals surface area contributed by atoms with Gasteiger partial charge >= 0.3 is 5.97 Å². The first-order valence-electron chi connectivity index (χ1n) is 7.22. The van der Waals surface area contributed by atoms with Crippen LogP contribution in [0.1, 0.15) is 21.5 Å². The van der Waals surface area contributed by atoms with Crippen LogP contribution < -0.4 is 5.32 Å². The van der Waals surface area contributed by atoms with Gasteiger partial charge in [-0.05, 0) is 48.0 Å². The quantitative estimate of drug-likeness (QED) is 0.838. The van der Waals surface area contributed by atoms with Crippen molar-refractivity contribution in [3.63, 3.8) is 0 Å². The van der Waals surface area contributed by atoms with Gasteiger partial charge in [0, 0.05) is 0 Å². The Bertz CT molecular complexity index is 887.